The van der Waals surface area contributed by atoms with Crippen LogP contribution in [-0.4, -0.2) is 13.4 Å². The Balaban J connectivity index is 2.45. The zero-order valence-electron chi connectivity index (χ0n) is 11.3. The smallest absolute Gasteiger partial charge is 0.262 e. The van der Waals surface area contributed by atoms with Crippen LogP contribution in [0.2, 0.25) is 0 Å². The van der Waals surface area contributed by atoms with Gasteiger partial charge in [0.2, 0.25) is 0 Å². The molecule has 0 aliphatic carbocycles. The number of rotatable bonds is 3. The lowest BCUT2D eigenvalue weighted by atomic mass is 10.2. The number of anilines is 2. The summed E-state index contributed by atoms with van der Waals surface area (Å²) in [5.41, 5.74) is 7.96. The van der Waals surface area contributed by atoms with Crippen molar-refractivity contribution in [1.82, 2.24) is 4.98 Å². The minimum Gasteiger partial charge on any atom is -0.398 e. The summed E-state index contributed by atoms with van der Waals surface area (Å²) in [6.45, 7) is 3.50. The fourth-order valence-electron chi connectivity index (χ4n) is 1.78. The first-order valence-corrected chi connectivity index (χ1v) is 8.98. The van der Waals surface area contributed by atoms with E-state index in [0.29, 0.717) is 26.0 Å². The highest BCUT2D eigenvalue weighted by molar-refractivity contribution is 9.10. The minimum absolute atomic E-state index is 0.134. The second kappa shape index (κ2) is 5.94. The van der Waals surface area contributed by atoms with E-state index in [1.165, 1.54) is 12.3 Å². The molecule has 0 fully saturated rings. The Morgan fingerprint density at radius 1 is 1.19 bits per heavy atom. The van der Waals surface area contributed by atoms with Crippen LogP contribution in [0.25, 0.3) is 0 Å². The van der Waals surface area contributed by atoms with E-state index in [0.717, 1.165) is 5.56 Å². The fourth-order valence-corrected chi connectivity index (χ4v) is 3.96. The third-order valence-corrected chi connectivity index (χ3v) is 5.72. The van der Waals surface area contributed by atoms with E-state index in [-0.39, 0.29) is 4.90 Å². The Bertz CT molecular complexity index is 807. The molecule has 1 aromatic heterocycles. The van der Waals surface area contributed by atoms with E-state index in [1.54, 1.807) is 19.1 Å². The molecule has 0 saturated heterocycles. The van der Waals surface area contributed by atoms with E-state index < -0.39 is 10.0 Å². The molecule has 0 amide bonds. The lowest BCUT2D eigenvalue weighted by Crippen LogP contribution is -2.15. The standard InChI is InChI=1S/C13H13Br2N3O2S/c1-7-3-10(6-17-13(7)15)18-21(19,20)12-5-9(14)4-11(16)8(12)2/h3-6,18H,16H2,1-2H3. The van der Waals surface area contributed by atoms with Crippen LogP contribution in [0.4, 0.5) is 11.4 Å². The summed E-state index contributed by atoms with van der Waals surface area (Å²) in [4.78, 5) is 4.20. The number of sulfonamides is 1. The Labute approximate surface area is 140 Å². The number of nitrogens with two attached hydrogens (primary N) is 1. The van der Waals surface area contributed by atoms with E-state index in [4.69, 9.17) is 5.73 Å². The Hall–Kier alpha value is -1.12. The van der Waals surface area contributed by atoms with Gasteiger partial charge in [-0.05, 0) is 59.1 Å². The zero-order valence-corrected chi connectivity index (χ0v) is 15.3. The molecule has 21 heavy (non-hydrogen) atoms. The van der Waals surface area contributed by atoms with Crippen molar-refractivity contribution in [3.8, 4) is 0 Å². The molecule has 0 bridgehead atoms. The molecular weight excluding hydrogens is 422 g/mol. The summed E-state index contributed by atoms with van der Waals surface area (Å²) in [7, 11) is -3.73. The molecule has 1 heterocycles. The summed E-state index contributed by atoms with van der Waals surface area (Å²) in [5.74, 6) is 0. The summed E-state index contributed by atoms with van der Waals surface area (Å²) in [6.07, 6.45) is 1.45. The van der Waals surface area contributed by atoms with Gasteiger partial charge in [-0.15, -0.1) is 0 Å². The van der Waals surface area contributed by atoms with Gasteiger partial charge in [-0.1, -0.05) is 15.9 Å². The number of nitrogen functional groups attached to an aromatic ring is 1. The van der Waals surface area contributed by atoms with Gasteiger partial charge >= 0.3 is 0 Å². The van der Waals surface area contributed by atoms with Crippen molar-refractivity contribution in [3.05, 3.63) is 44.6 Å². The molecule has 2 rings (SSSR count). The Morgan fingerprint density at radius 3 is 2.48 bits per heavy atom. The average Bonchev–Trinajstić information content (AvgIpc) is 2.37. The van der Waals surface area contributed by atoms with Crippen LogP contribution in [0.15, 0.2) is 38.4 Å². The average molecular weight is 435 g/mol. The summed E-state index contributed by atoms with van der Waals surface area (Å²) in [6, 6.07) is 4.89. The normalized spacial score (nSPS) is 11.4. The van der Waals surface area contributed by atoms with Gasteiger partial charge in [0.05, 0.1) is 16.8 Å². The van der Waals surface area contributed by atoms with Crippen LogP contribution < -0.4 is 10.5 Å². The molecule has 1 aromatic carbocycles. The van der Waals surface area contributed by atoms with Gasteiger partial charge in [0.15, 0.2) is 0 Å². The zero-order chi connectivity index (χ0) is 15.8. The first-order chi connectivity index (χ1) is 9.70. The number of nitrogens with one attached hydrogen (secondary N) is 1. The monoisotopic (exact) mass is 433 g/mol. The number of benzene rings is 1. The van der Waals surface area contributed by atoms with Gasteiger partial charge in [0, 0.05) is 10.2 Å². The second-order valence-corrected chi connectivity index (χ2v) is 7.87. The molecule has 3 N–H and O–H groups in total. The van der Waals surface area contributed by atoms with Gasteiger partial charge in [0.25, 0.3) is 10.0 Å². The summed E-state index contributed by atoms with van der Waals surface area (Å²) >= 11 is 6.53. The Kier molecular flexibility index (Phi) is 4.60. The third kappa shape index (κ3) is 3.56. The van der Waals surface area contributed by atoms with E-state index in [1.807, 2.05) is 6.92 Å². The number of pyridine rings is 1. The maximum absolute atomic E-state index is 12.5. The first-order valence-electron chi connectivity index (χ1n) is 5.91. The molecule has 0 radical (unpaired) electrons. The fraction of sp³-hybridized carbons (Fsp3) is 0.154. The predicted octanol–water partition coefficient (Wildman–Crippen LogP) is 3.61. The van der Waals surface area contributed by atoms with Crippen LogP contribution in [0.5, 0.6) is 0 Å². The molecule has 112 valence electrons. The Morgan fingerprint density at radius 2 is 1.86 bits per heavy atom. The minimum atomic E-state index is -3.73. The summed E-state index contributed by atoms with van der Waals surface area (Å²) < 4.78 is 28.8. The third-order valence-electron chi connectivity index (χ3n) is 2.92. The van der Waals surface area contributed by atoms with Gasteiger partial charge in [0.1, 0.15) is 4.60 Å². The molecule has 0 spiro atoms. The van der Waals surface area contributed by atoms with Gasteiger partial charge in [-0.3, -0.25) is 4.72 Å². The molecule has 5 nitrogen and oxygen atoms in total. The van der Waals surface area contributed by atoms with Crippen molar-refractivity contribution in [2.24, 2.45) is 0 Å². The SMILES string of the molecule is Cc1cc(NS(=O)(=O)c2cc(Br)cc(N)c2C)cnc1Br. The van der Waals surface area contributed by atoms with Crippen molar-refractivity contribution in [2.45, 2.75) is 18.7 Å². The maximum atomic E-state index is 12.5. The number of halogens is 2. The van der Waals surface area contributed by atoms with Crippen molar-refractivity contribution in [2.75, 3.05) is 10.5 Å². The molecule has 0 aliphatic rings. The molecule has 0 unspecified atom stereocenters. The number of aromatic nitrogens is 1. The number of aryl methyl sites for hydroxylation is 1. The highest BCUT2D eigenvalue weighted by Gasteiger charge is 2.19. The first kappa shape index (κ1) is 16.3. The highest BCUT2D eigenvalue weighted by atomic mass is 79.9. The second-order valence-electron chi connectivity index (χ2n) is 4.56. The largest absolute Gasteiger partial charge is 0.398 e. The maximum Gasteiger partial charge on any atom is 0.262 e. The lowest BCUT2D eigenvalue weighted by molar-refractivity contribution is 0.600. The van der Waals surface area contributed by atoms with Crippen molar-refractivity contribution >= 4 is 53.3 Å². The highest BCUT2D eigenvalue weighted by Crippen LogP contribution is 2.28. The van der Waals surface area contributed by atoms with E-state index >= 15 is 0 Å². The van der Waals surface area contributed by atoms with Gasteiger partial charge < -0.3 is 5.73 Å². The number of hydrogen-bond acceptors (Lipinski definition) is 4. The van der Waals surface area contributed by atoms with E-state index in [2.05, 4.69) is 41.6 Å². The van der Waals surface area contributed by atoms with Crippen LogP contribution in [-0.2, 0) is 10.0 Å². The molecule has 8 heteroatoms. The van der Waals surface area contributed by atoms with Crippen LogP contribution in [0.1, 0.15) is 11.1 Å². The molecule has 0 saturated carbocycles. The molecule has 0 atom stereocenters. The van der Waals surface area contributed by atoms with Crippen LogP contribution >= 0.6 is 31.9 Å². The van der Waals surface area contributed by atoms with Crippen molar-refractivity contribution in [1.29, 1.82) is 0 Å². The van der Waals surface area contributed by atoms with Gasteiger partial charge in [-0.25, -0.2) is 13.4 Å². The topological polar surface area (TPSA) is 85.1 Å². The van der Waals surface area contributed by atoms with Crippen molar-refractivity contribution < 1.29 is 8.42 Å². The van der Waals surface area contributed by atoms with Crippen LogP contribution in [0.3, 0.4) is 0 Å². The van der Waals surface area contributed by atoms with Crippen molar-refractivity contribution in [3.63, 3.8) is 0 Å². The van der Waals surface area contributed by atoms with Crippen LogP contribution in [0, 0.1) is 13.8 Å². The number of hydrogen-bond donors (Lipinski definition) is 2. The lowest BCUT2D eigenvalue weighted by Gasteiger charge is -2.13. The van der Waals surface area contributed by atoms with E-state index in [9.17, 15) is 8.42 Å². The molecule has 0 aliphatic heterocycles. The summed E-state index contributed by atoms with van der Waals surface area (Å²) in [5, 5.41) is 0. The van der Waals surface area contributed by atoms with Gasteiger partial charge in [-0.2, -0.15) is 0 Å². The quantitative estimate of drug-likeness (QED) is 0.570. The predicted molar refractivity (Wildman–Crippen MR) is 90.8 cm³/mol. The molecular formula is C13H13Br2N3O2S. The number of nitrogens with zero attached hydrogens (tertiary/aromatic N) is 1. The molecule has 2 aromatic rings.